The number of carbonyl (C=O) groups is 1. The van der Waals surface area contributed by atoms with E-state index in [0.717, 1.165) is 11.3 Å². The van der Waals surface area contributed by atoms with Gasteiger partial charge in [0.15, 0.2) is 0 Å². The molecule has 2 aromatic rings. The van der Waals surface area contributed by atoms with Gasteiger partial charge in [-0.25, -0.2) is 0 Å². The standard InChI is InChI=1S/C14H7F3O3S/c15-14(16,17)13-10(12(19)9-5-2-6-21-9)11(18)7-3-1-4-8(7)20-13/h1-3,5-6H,4H2. The number of hydrogen-bond acceptors (Lipinski definition) is 4. The van der Waals surface area contributed by atoms with Gasteiger partial charge in [0.1, 0.15) is 11.3 Å². The lowest BCUT2D eigenvalue weighted by atomic mass is 10.0. The lowest BCUT2D eigenvalue weighted by molar-refractivity contribution is -0.154. The smallest absolute Gasteiger partial charge is 0.450 e. The number of halogens is 3. The first-order valence-corrected chi connectivity index (χ1v) is 6.79. The summed E-state index contributed by atoms with van der Waals surface area (Å²) in [5.41, 5.74) is -1.87. The van der Waals surface area contributed by atoms with E-state index in [1.807, 2.05) is 0 Å². The van der Waals surface area contributed by atoms with Gasteiger partial charge in [-0.1, -0.05) is 18.2 Å². The number of alkyl halides is 3. The van der Waals surface area contributed by atoms with Crippen molar-refractivity contribution in [1.29, 1.82) is 0 Å². The molecule has 0 aromatic carbocycles. The Morgan fingerprint density at radius 2 is 2.10 bits per heavy atom. The van der Waals surface area contributed by atoms with Crippen molar-refractivity contribution in [1.82, 2.24) is 0 Å². The summed E-state index contributed by atoms with van der Waals surface area (Å²) < 4.78 is 44.1. The third-order valence-corrected chi connectivity index (χ3v) is 3.91. The van der Waals surface area contributed by atoms with Gasteiger partial charge in [-0.2, -0.15) is 13.2 Å². The highest BCUT2D eigenvalue weighted by atomic mass is 32.1. The van der Waals surface area contributed by atoms with Crippen molar-refractivity contribution in [2.24, 2.45) is 0 Å². The van der Waals surface area contributed by atoms with Crippen molar-refractivity contribution >= 4 is 23.2 Å². The predicted octanol–water partition coefficient (Wildman–Crippen LogP) is 3.52. The number of fused-ring (bicyclic) bond motifs is 1. The van der Waals surface area contributed by atoms with E-state index in [0.29, 0.717) is 0 Å². The van der Waals surface area contributed by atoms with Crippen LogP contribution in [0.4, 0.5) is 13.2 Å². The summed E-state index contributed by atoms with van der Waals surface area (Å²) in [4.78, 5) is 24.5. The summed E-state index contributed by atoms with van der Waals surface area (Å²) in [5.74, 6) is -2.54. The molecule has 0 amide bonds. The molecule has 0 unspecified atom stereocenters. The lowest BCUT2D eigenvalue weighted by Crippen LogP contribution is -2.25. The Labute approximate surface area is 120 Å². The Balaban J connectivity index is 2.30. The summed E-state index contributed by atoms with van der Waals surface area (Å²) in [7, 11) is 0. The second kappa shape index (κ2) is 4.70. The molecule has 21 heavy (non-hydrogen) atoms. The number of thiophene rings is 1. The molecule has 0 radical (unpaired) electrons. The highest BCUT2D eigenvalue weighted by Gasteiger charge is 2.42. The summed E-state index contributed by atoms with van der Waals surface area (Å²) in [5, 5.41) is 1.55. The van der Waals surface area contributed by atoms with Crippen molar-refractivity contribution in [3.05, 3.63) is 61.3 Å². The second-order valence-electron chi connectivity index (χ2n) is 4.38. The van der Waals surface area contributed by atoms with Crippen molar-refractivity contribution < 1.29 is 22.4 Å². The number of allylic oxidation sites excluding steroid dienone is 1. The van der Waals surface area contributed by atoms with E-state index < -0.39 is 28.7 Å². The van der Waals surface area contributed by atoms with Crippen LogP contribution >= 0.6 is 11.3 Å². The van der Waals surface area contributed by atoms with Gasteiger partial charge in [-0.3, -0.25) is 9.59 Å². The van der Waals surface area contributed by atoms with E-state index in [-0.39, 0.29) is 22.6 Å². The highest BCUT2D eigenvalue weighted by molar-refractivity contribution is 7.12. The Bertz CT molecular complexity index is 798. The van der Waals surface area contributed by atoms with Crippen LogP contribution in [-0.2, 0) is 12.6 Å². The van der Waals surface area contributed by atoms with Crippen LogP contribution in [0.5, 0.6) is 0 Å². The third-order valence-electron chi connectivity index (χ3n) is 3.04. The van der Waals surface area contributed by atoms with Crippen LogP contribution in [0.2, 0.25) is 0 Å². The van der Waals surface area contributed by atoms with E-state index in [1.54, 1.807) is 5.38 Å². The number of hydrogen-bond donors (Lipinski definition) is 0. The van der Waals surface area contributed by atoms with Crippen molar-refractivity contribution in [3.8, 4) is 0 Å². The van der Waals surface area contributed by atoms with Crippen LogP contribution in [0.1, 0.15) is 32.3 Å². The summed E-state index contributed by atoms with van der Waals surface area (Å²) >= 11 is 0.972. The molecule has 3 rings (SSSR count). The van der Waals surface area contributed by atoms with Crippen LogP contribution in [0.15, 0.2) is 32.8 Å². The van der Waals surface area contributed by atoms with Gasteiger partial charge in [0, 0.05) is 6.42 Å². The van der Waals surface area contributed by atoms with Crippen LogP contribution in [0.3, 0.4) is 0 Å². The molecule has 0 N–H and O–H groups in total. The molecule has 0 bridgehead atoms. The molecule has 108 valence electrons. The van der Waals surface area contributed by atoms with Gasteiger partial charge >= 0.3 is 6.18 Å². The lowest BCUT2D eigenvalue weighted by Gasteiger charge is -2.11. The molecule has 0 spiro atoms. The third kappa shape index (κ3) is 2.23. The molecule has 1 aliphatic carbocycles. The van der Waals surface area contributed by atoms with Gasteiger partial charge in [0.2, 0.25) is 17.0 Å². The fraction of sp³-hybridized carbons (Fsp3) is 0.143. The normalized spacial score (nSPS) is 13.5. The minimum atomic E-state index is -4.90. The fourth-order valence-corrected chi connectivity index (χ4v) is 2.80. The van der Waals surface area contributed by atoms with Crippen LogP contribution in [-0.4, -0.2) is 5.78 Å². The zero-order valence-electron chi connectivity index (χ0n) is 10.4. The molecular formula is C14H7F3O3S. The van der Waals surface area contributed by atoms with Crippen LogP contribution < -0.4 is 5.43 Å². The topological polar surface area (TPSA) is 47.3 Å². The van der Waals surface area contributed by atoms with Gasteiger partial charge in [0.25, 0.3) is 0 Å². The van der Waals surface area contributed by atoms with Gasteiger partial charge < -0.3 is 4.42 Å². The second-order valence-corrected chi connectivity index (χ2v) is 5.33. The van der Waals surface area contributed by atoms with E-state index in [4.69, 9.17) is 4.42 Å². The summed E-state index contributed by atoms with van der Waals surface area (Å²) in [6.07, 6.45) is -1.89. The first-order chi connectivity index (χ1) is 9.89. The van der Waals surface area contributed by atoms with Gasteiger partial charge in [-0.15, -0.1) is 11.3 Å². The minimum Gasteiger partial charge on any atom is -0.454 e. The molecule has 0 atom stereocenters. The van der Waals surface area contributed by atoms with E-state index >= 15 is 0 Å². The molecule has 0 saturated heterocycles. The predicted molar refractivity (Wildman–Crippen MR) is 70.5 cm³/mol. The average Bonchev–Trinajstić information content (AvgIpc) is 3.08. The fourth-order valence-electron chi connectivity index (χ4n) is 2.13. The number of carbonyl (C=O) groups excluding carboxylic acids is 1. The number of rotatable bonds is 2. The molecule has 7 heteroatoms. The summed E-state index contributed by atoms with van der Waals surface area (Å²) in [6, 6.07) is 2.90. The largest absolute Gasteiger partial charge is 0.454 e. The zero-order valence-corrected chi connectivity index (χ0v) is 11.2. The first-order valence-electron chi connectivity index (χ1n) is 5.91. The molecule has 3 nitrogen and oxygen atoms in total. The quantitative estimate of drug-likeness (QED) is 0.797. The van der Waals surface area contributed by atoms with Crippen molar-refractivity contribution in [2.45, 2.75) is 12.6 Å². The molecular weight excluding hydrogens is 305 g/mol. The average molecular weight is 312 g/mol. The Morgan fingerprint density at radius 1 is 1.33 bits per heavy atom. The van der Waals surface area contributed by atoms with Crippen LogP contribution in [0, 0.1) is 0 Å². The molecule has 0 saturated carbocycles. The van der Waals surface area contributed by atoms with Gasteiger partial charge in [0.05, 0.1) is 10.4 Å². The Kier molecular flexibility index (Phi) is 3.09. The molecule has 1 aliphatic rings. The maximum atomic E-state index is 13.1. The SMILES string of the molecule is O=C(c1cccs1)c1c(C(F)(F)F)oc2c(c1=O)C=CC2. The van der Waals surface area contributed by atoms with E-state index in [2.05, 4.69) is 0 Å². The Morgan fingerprint density at radius 3 is 2.71 bits per heavy atom. The van der Waals surface area contributed by atoms with Crippen molar-refractivity contribution in [3.63, 3.8) is 0 Å². The first kappa shape index (κ1) is 13.8. The molecule has 0 aliphatic heterocycles. The monoisotopic (exact) mass is 312 g/mol. The maximum absolute atomic E-state index is 13.1. The minimum absolute atomic E-state index is 0.0166. The zero-order chi connectivity index (χ0) is 15.2. The summed E-state index contributed by atoms with van der Waals surface area (Å²) in [6.45, 7) is 0. The van der Waals surface area contributed by atoms with E-state index in [9.17, 15) is 22.8 Å². The number of ketones is 1. The van der Waals surface area contributed by atoms with Crippen LogP contribution in [0.25, 0.3) is 6.08 Å². The Hall–Kier alpha value is -2.15. The molecule has 2 heterocycles. The van der Waals surface area contributed by atoms with Gasteiger partial charge in [-0.05, 0) is 11.4 Å². The molecule has 2 aromatic heterocycles. The van der Waals surface area contributed by atoms with Crippen molar-refractivity contribution in [2.75, 3.05) is 0 Å². The van der Waals surface area contributed by atoms with E-state index in [1.165, 1.54) is 24.3 Å². The maximum Gasteiger partial charge on any atom is 0.450 e. The highest BCUT2D eigenvalue weighted by Crippen LogP contribution is 2.34. The molecule has 0 fully saturated rings.